The fourth-order valence-corrected chi connectivity index (χ4v) is 2.09. The molecule has 0 aromatic carbocycles. The first-order chi connectivity index (χ1) is 8.83. The molecule has 1 aliphatic heterocycles. The molecule has 2 aromatic heterocycles. The fourth-order valence-electron chi connectivity index (χ4n) is 2.09. The highest BCUT2D eigenvalue weighted by Crippen LogP contribution is 2.17. The molecule has 0 aliphatic carbocycles. The topological polar surface area (TPSA) is 72.0 Å². The SMILES string of the molecule is CN1CCNCC1c1noc(Cn2cccn2)n1. The summed E-state index contributed by atoms with van der Waals surface area (Å²) < 4.78 is 7.03. The summed E-state index contributed by atoms with van der Waals surface area (Å²) in [6.07, 6.45) is 3.61. The average molecular weight is 248 g/mol. The molecule has 7 heteroatoms. The minimum atomic E-state index is 0.189. The van der Waals surface area contributed by atoms with Crippen LogP contribution >= 0.6 is 0 Å². The van der Waals surface area contributed by atoms with E-state index >= 15 is 0 Å². The van der Waals surface area contributed by atoms with Gasteiger partial charge in [0.15, 0.2) is 5.82 Å². The lowest BCUT2D eigenvalue weighted by Gasteiger charge is -2.30. The van der Waals surface area contributed by atoms with E-state index in [1.165, 1.54) is 0 Å². The monoisotopic (exact) mass is 248 g/mol. The van der Waals surface area contributed by atoms with Crippen LogP contribution in [0.25, 0.3) is 0 Å². The summed E-state index contributed by atoms with van der Waals surface area (Å²) in [6, 6.07) is 2.06. The minimum Gasteiger partial charge on any atom is -0.337 e. The predicted octanol–water partition coefficient (Wildman–Crippen LogP) is -0.110. The Morgan fingerprint density at radius 2 is 2.50 bits per heavy atom. The molecular formula is C11H16N6O. The molecule has 0 saturated carbocycles. The molecule has 96 valence electrons. The van der Waals surface area contributed by atoms with Crippen molar-refractivity contribution < 1.29 is 4.52 Å². The van der Waals surface area contributed by atoms with E-state index in [1.807, 2.05) is 12.3 Å². The van der Waals surface area contributed by atoms with Gasteiger partial charge >= 0.3 is 0 Å². The van der Waals surface area contributed by atoms with Crippen LogP contribution in [0.2, 0.25) is 0 Å². The van der Waals surface area contributed by atoms with E-state index in [4.69, 9.17) is 4.52 Å². The molecule has 1 N–H and O–H groups in total. The lowest BCUT2D eigenvalue weighted by Crippen LogP contribution is -2.44. The number of aromatic nitrogens is 4. The van der Waals surface area contributed by atoms with Crippen LogP contribution in [-0.4, -0.2) is 51.5 Å². The summed E-state index contributed by atoms with van der Waals surface area (Å²) in [5, 5.41) is 11.5. The van der Waals surface area contributed by atoms with Gasteiger partial charge in [-0.15, -0.1) is 0 Å². The Labute approximate surface area is 105 Å². The van der Waals surface area contributed by atoms with Crippen molar-refractivity contribution in [1.29, 1.82) is 0 Å². The first-order valence-electron chi connectivity index (χ1n) is 6.04. The number of rotatable bonds is 3. The van der Waals surface area contributed by atoms with E-state index in [0.29, 0.717) is 12.4 Å². The highest BCUT2D eigenvalue weighted by Gasteiger charge is 2.25. The minimum absolute atomic E-state index is 0.189. The van der Waals surface area contributed by atoms with E-state index in [-0.39, 0.29) is 6.04 Å². The summed E-state index contributed by atoms with van der Waals surface area (Å²) >= 11 is 0. The van der Waals surface area contributed by atoms with Gasteiger partial charge in [0.2, 0.25) is 5.89 Å². The van der Waals surface area contributed by atoms with Crippen LogP contribution in [0.4, 0.5) is 0 Å². The van der Waals surface area contributed by atoms with Crippen molar-refractivity contribution in [3.05, 3.63) is 30.2 Å². The van der Waals surface area contributed by atoms with E-state index in [9.17, 15) is 0 Å². The molecular weight excluding hydrogens is 232 g/mol. The molecule has 0 radical (unpaired) electrons. The molecule has 1 atom stereocenters. The first kappa shape index (κ1) is 11.4. The summed E-state index contributed by atoms with van der Waals surface area (Å²) in [5.41, 5.74) is 0. The second-order valence-electron chi connectivity index (χ2n) is 4.45. The molecule has 1 aliphatic rings. The Kier molecular flexibility index (Phi) is 3.07. The van der Waals surface area contributed by atoms with Gasteiger partial charge in [0, 0.05) is 32.0 Å². The van der Waals surface area contributed by atoms with Crippen molar-refractivity contribution in [3.8, 4) is 0 Å². The number of piperazine rings is 1. The Morgan fingerprint density at radius 3 is 3.28 bits per heavy atom. The molecule has 3 rings (SSSR count). The van der Waals surface area contributed by atoms with Crippen molar-refractivity contribution in [2.45, 2.75) is 12.6 Å². The lowest BCUT2D eigenvalue weighted by molar-refractivity contribution is 0.190. The summed E-state index contributed by atoms with van der Waals surface area (Å²) in [5.74, 6) is 1.33. The van der Waals surface area contributed by atoms with Crippen molar-refractivity contribution in [3.63, 3.8) is 0 Å². The predicted molar refractivity (Wildman–Crippen MR) is 63.9 cm³/mol. The molecule has 18 heavy (non-hydrogen) atoms. The average Bonchev–Trinajstić information content (AvgIpc) is 3.02. The van der Waals surface area contributed by atoms with Crippen LogP contribution in [0.5, 0.6) is 0 Å². The molecule has 2 aromatic rings. The van der Waals surface area contributed by atoms with Gasteiger partial charge in [-0.05, 0) is 13.1 Å². The molecule has 1 saturated heterocycles. The van der Waals surface area contributed by atoms with Crippen LogP contribution in [-0.2, 0) is 6.54 Å². The fraction of sp³-hybridized carbons (Fsp3) is 0.545. The number of hydrogen-bond acceptors (Lipinski definition) is 6. The van der Waals surface area contributed by atoms with Crippen molar-refractivity contribution >= 4 is 0 Å². The number of nitrogens with one attached hydrogen (secondary N) is 1. The van der Waals surface area contributed by atoms with Crippen molar-refractivity contribution in [1.82, 2.24) is 30.1 Å². The van der Waals surface area contributed by atoms with Gasteiger partial charge in [0.05, 0.1) is 6.04 Å². The molecule has 3 heterocycles. The normalized spacial score (nSPS) is 21.3. The van der Waals surface area contributed by atoms with Gasteiger partial charge in [-0.1, -0.05) is 5.16 Å². The zero-order chi connectivity index (χ0) is 12.4. The Morgan fingerprint density at radius 1 is 1.56 bits per heavy atom. The lowest BCUT2D eigenvalue weighted by atomic mass is 10.2. The van der Waals surface area contributed by atoms with Gasteiger partial charge in [-0.3, -0.25) is 9.58 Å². The maximum atomic E-state index is 5.26. The molecule has 0 spiro atoms. The zero-order valence-electron chi connectivity index (χ0n) is 10.3. The third kappa shape index (κ3) is 2.27. The van der Waals surface area contributed by atoms with E-state index in [1.54, 1.807) is 10.9 Å². The molecule has 7 nitrogen and oxygen atoms in total. The largest absolute Gasteiger partial charge is 0.337 e. The summed E-state index contributed by atoms with van der Waals surface area (Å²) in [7, 11) is 2.08. The second kappa shape index (κ2) is 4.87. The highest BCUT2D eigenvalue weighted by molar-refractivity contribution is 4.98. The van der Waals surface area contributed by atoms with Crippen LogP contribution < -0.4 is 5.32 Å². The molecule has 0 bridgehead atoms. The van der Waals surface area contributed by atoms with E-state index in [0.717, 1.165) is 25.5 Å². The van der Waals surface area contributed by atoms with Gasteiger partial charge in [0.1, 0.15) is 6.54 Å². The smallest absolute Gasteiger partial charge is 0.248 e. The number of likely N-dealkylation sites (N-methyl/N-ethyl adjacent to an activating group) is 1. The van der Waals surface area contributed by atoms with E-state index in [2.05, 4.69) is 32.5 Å². The Balaban J connectivity index is 1.72. The van der Waals surface area contributed by atoms with Crippen LogP contribution in [0.1, 0.15) is 17.8 Å². The highest BCUT2D eigenvalue weighted by atomic mass is 16.5. The van der Waals surface area contributed by atoms with Crippen LogP contribution in [0.15, 0.2) is 23.0 Å². The number of nitrogens with zero attached hydrogens (tertiary/aromatic N) is 5. The zero-order valence-corrected chi connectivity index (χ0v) is 10.3. The summed E-state index contributed by atoms with van der Waals surface area (Å²) in [6.45, 7) is 3.37. The van der Waals surface area contributed by atoms with Gasteiger partial charge < -0.3 is 9.84 Å². The Bertz CT molecular complexity index is 493. The molecule has 1 fully saturated rings. The van der Waals surface area contributed by atoms with Gasteiger partial charge in [-0.2, -0.15) is 10.1 Å². The van der Waals surface area contributed by atoms with Crippen LogP contribution in [0, 0.1) is 0 Å². The van der Waals surface area contributed by atoms with Gasteiger partial charge in [-0.25, -0.2) is 0 Å². The maximum absolute atomic E-state index is 5.26. The third-order valence-corrected chi connectivity index (χ3v) is 3.15. The Hall–Kier alpha value is -1.73. The maximum Gasteiger partial charge on any atom is 0.248 e. The van der Waals surface area contributed by atoms with Crippen molar-refractivity contribution in [2.75, 3.05) is 26.7 Å². The molecule has 0 amide bonds. The van der Waals surface area contributed by atoms with Crippen molar-refractivity contribution in [2.24, 2.45) is 0 Å². The van der Waals surface area contributed by atoms with E-state index < -0.39 is 0 Å². The second-order valence-corrected chi connectivity index (χ2v) is 4.45. The third-order valence-electron chi connectivity index (χ3n) is 3.15. The number of hydrogen-bond donors (Lipinski definition) is 1. The standard InChI is InChI=1S/C11H16N6O/c1-16-6-4-12-7-9(16)11-14-10(18-15-11)8-17-5-2-3-13-17/h2-3,5,9,12H,4,6-8H2,1H3. The first-order valence-corrected chi connectivity index (χ1v) is 6.04. The summed E-state index contributed by atoms with van der Waals surface area (Å²) in [4.78, 5) is 6.67. The quantitative estimate of drug-likeness (QED) is 0.817. The van der Waals surface area contributed by atoms with Gasteiger partial charge in [0.25, 0.3) is 0 Å². The van der Waals surface area contributed by atoms with Crippen LogP contribution in [0.3, 0.4) is 0 Å². The molecule has 1 unspecified atom stereocenters.